The van der Waals surface area contributed by atoms with Gasteiger partial charge in [-0.15, -0.1) is 11.8 Å². The van der Waals surface area contributed by atoms with Gasteiger partial charge in [-0.1, -0.05) is 19.3 Å². The number of thioether (sulfide) groups is 1. The number of esters is 1. The van der Waals surface area contributed by atoms with Crippen molar-refractivity contribution in [2.45, 2.75) is 49.5 Å². The molecule has 1 aliphatic carbocycles. The molecule has 2 aliphatic rings. The van der Waals surface area contributed by atoms with Crippen LogP contribution in [0.25, 0.3) is 0 Å². The van der Waals surface area contributed by atoms with Crippen molar-refractivity contribution >= 4 is 35.2 Å². The minimum atomic E-state index is -0.565. The third kappa shape index (κ3) is 4.98. The number of benzene rings is 1. The fourth-order valence-electron chi connectivity index (χ4n) is 3.08. The molecule has 0 radical (unpaired) electrons. The summed E-state index contributed by atoms with van der Waals surface area (Å²) in [5.41, 5.74) is 0.945. The van der Waals surface area contributed by atoms with E-state index in [0.29, 0.717) is 23.4 Å². The molecule has 25 heavy (non-hydrogen) atoms. The highest BCUT2D eigenvalue weighted by Gasteiger charge is 2.19. The second-order valence-corrected chi connectivity index (χ2v) is 7.47. The number of nitrogens with one attached hydrogen (secondary N) is 2. The predicted molar refractivity (Wildman–Crippen MR) is 95.7 cm³/mol. The number of carbonyl (C=O) groups excluding carboxylic acids is 3. The first-order valence-electron chi connectivity index (χ1n) is 8.65. The molecule has 0 spiro atoms. The van der Waals surface area contributed by atoms with Crippen LogP contribution in [0, 0.1) is 0 Å². The van der Waals surface area contributed by atoms with E-state index in [-0.39, 0.29) is 24.5 Å². The molecule has 1 heterocycles. The average Bonchev–Trinajstić information content (AvgIpc) is 2.80. The van der Waals surface area contributed by atoms with Gasteiger partial charge in [-0.2, -0.15) is 0 Å². The Morgan fingerprint density at radius 1 is 1.24 bits per heavy atom. The van der Waals surface area contributed by atoms with Crippen LogP contribution in [0.5, 0.6) is 0 Å². The summed E-state index contributed by atoms with van der Waals surface area (Å²) in [5.74, 6) is -0.183. The van der Waals surface area contributed by atoms with E-state index in [4.69, 9.17) is 4.74 Å². The number of hydrogen-bond donors (Lipinski definition) is 2. The topological polar surface area (TPSA) is 84.5 Å². The first kappa shape index (κ1) is 17.8. The van der Waals surface area contributed by atoms with Gasteiger partial charge in [-0.05, 0) is 31.0 Å². The molecule has 0 bridgehead atoms. The van der Waals surface area contributed by atoms with Crippen LogP contribution in [0.3, 0.4) is 0 Å². The number of fused-ring (bicyclic) bond motifs is 1. The van der Waals surface area contributed by atoms with Crippen LogP contribution in [0.1, 0.15) is 48.9 Å². The molecule has 1 aromatic rings. The standard InChI is InChI=1S/C18H22N2O4S/c21-16-8-9-25-15-7-6-12(10-14(15)20-16)18(23)24-11-17(22)19-13-4-2-1-3-5-13/h6-7,10,13H,1-5,8-9,11H2,(H,19,22)(H,20,21). The normalized spacial score (nSPS) is 17.8. The number of anilines is 1. The fourth-order valence-corrected chi connectivity index (χ4v) is 4.01. The monoisotopic (exact) mass is 362 g/mol. The maximum Gasteiger partial charge on any atom is 0.338 e. The van der Waals surface area contributed by atoms with Crippen LogP contribution in [0.2, 0.25) is 0 Å². The van der Waals surface area contributed by atoms with Crippen LogP contribution in [0.4, 0.5) is 5.69 Å². The van der Waals surface area contributed by atoms with Crippen molar-refractivity contribution in [1.82, 2.24) is 5.32 Å². The van der Waals surface area contributed by atoms with Crippen molar-refractivity contribution in [3.8, 4) is 0 Å². The van der Waals surface area contributed by atoms with E-state index < -0.39 is 5.97 Å². The van der Waals surface area contributed by atoms with Crippen molar-refractivity contribution < 1.29 is 19.1 Å². The van der Waals surface area contributed by atoms with Crippen molar-refractivity contribution in [1.29, 1.82) is 0 Å². The summed E-state index contributed by atoms with van der Waals surface area (Å²) in [6, 6.07) is 5.25. The highest BCUT2D eigenvalue weighted by atomic mass is 32.2. The highest BCUT2D eigenvalue weighted by Crippen LogP contribution is 2.31. The van der Waals surface area contributed by atoms with Crippen LogP contribution >= 0.6 is 11.8 Å². The van der Waals surface area contributed by atoms with Gasteiger partial charge in [0.05, 0.1) is 11.3 Å². The minimum absolute atomic E-state index is 0.0661. The van der Waals surface area contributed by atoms with Crippen molar-refractivity contribution in [3.63, 3.8) is 0 Å². The molecule has 0 atom stereocenters. The summed E-state index contributed by atoms with van der Waals surface area (Å²) < 4.78 is 5.11. The molecule has 2 N–H and O–H groups in total. The molecule has 7 heteroatoms. The Hall–Kier alpha value is -2.02. The summed E-state index contributed by atoms with van der Waals surface area (Å²) >= 11 is 1.57. The molecule has 1 aromatic carbocycles. The summed E-state index contributed by atoms with van der Waals surface area (Å²) in [4.78, 5) is 36.7. The highest BCUT2D eigenvalue weighted by molar-refractivity contribution is 7.99. The summed E-state index contributed by atoms with van der Waals surface area (Å²) in [6.07, 6.45) is 5.89. The van der Waals surface area contributed by atoms with Crippen molar-refractivity contribution in [2.24, 2.45) is 0 Å². The molecule has 134 valence electrons. The average molecular weight is 362 g/mol. The second kappa shape index (κ2) is 8.38. The molecule has 0 aromatic heterocycles. The molecule has 3 rings (SSSR count). The first-order valence-corrected chi connectivity index (χ1v) is 9.63. The van der Waals surface area contributed by atoms with Crippen LogP contribution in [-0.2, 0) is 14.3 Å². The van der Waals surface area contributed by atoms with Crippen LogP contribution in [0.15, 0.2) is 23.1 Å². The lowest BCUT2D eigenvalue weighted by molar-refractivity contribution is -0.125. The maximum absolute atomic E-state index is 12.2. The van der Waals surface area contributed by atoms with Crippen molar-refractivity contribution in [2.75, 3.05) is 17.7 Å². The lowest BCUT2D eigenvalue weighted by atomic mass is 9.95. The van der Waals surface area contributed by atoms with Gasteiger partial charge >= 0.3 is 5.97 Å². The zero-order valence-electron chi connectivity index (χ0n) is 14.0. The first-order chi connectivity index (χ1) is 12.1. The fraction of sp³-hybridized carbons (Fsp3) is 0.500. The molecule has 1 fully saturated rings. The zero-order chi connectivity index (χ0) is 17.6. The van der Waals surface area contributed by atoms with E-state index in [1.54, 1.807) is 30.0 Å². The third-order valence-corrected chi connectivity index (χ3v) is 5.46. The summed E-state index contributed by atoms with van der Waals surface area (Å²) in [7, 11) is 0. The smallest absolute Gasteiger partial charge is 0.338 e. The number of carbonyl (C=O) groups is 3. The zero-order valence-corrected chi connectivity index (χ0v) is 14.8. The Bertz CT molecular complexity index is 671. The predicted octanol–water partition coefficient (Wildman–Crippen LogP) is 2.73. The van der Waals surface area contributed by atoms with E-state index in [1.165, 1.54) is 6.42 Å². The minimum Gasteiger partial charge on any atom is -0.452 e. The van der Waals surface area contributed by atoms with Crippen LogP contribution < -0.4 is 10.6 Å². The number of amides is 2. The van der Waals surface area contributed by atoms with Gasteiger partial charge < -0.3 is 15.4 Å². The summed E-state index contributed by atoms with van der Waals surface area (Å²) in [6.45, 7) is -0.284. The van der Waals surface area contributed by atoms with E-state index in [9.17, 15) is 14.4 Å². The van der Waals surface area contributed by atoms with Crippen molar-refractivity contribution in [3.05, 3.63) is 23.8 Å². The van der Waals surface area contributed by atoms with Gasteiger partial charge in [-0.25, -0.2) is 4.79 Å². The van der Waals surface area contributed by atoms with Gasteiger partial charge in [0, 0.05) is 23.1 Å². The lowest BCUT2D eigenvalue weighted by Crippen LogP contribution is -2.38. The molecule has 0 unspecified atom stereocenters. The molecule has 2 amide bonds. The molecular weight excluding hydrogens is 340 g/mol. The quantitative estimate of drug-likeness (QED) is 0.805. The summed E-state index contributed by atoms with van der Waals surface area (Å²) in [5, 5.41) is 5.70. The number of hydrogen-bond acceptors (Lipinski definition) is 5. The number of rotatable bonds is 4. The van der Waals surface area contributed by atoms with Gasteiger partial charge in [-0.3, -0.25) is 9.59 Å². The SMILES string of the molecule is O=C1CCSc2ccc(C(=O)OCC(=O)NC3CCCCC3)cc2N1. The van der Waals surface area contributed by atoms with Gasteiger partial charge in [0.2, 0.25) is 5.91 Å². The Morgan fingerprint density at radius 2 is 2.04 bits per heavy atom. The lowest BCUT2D eigenvalue weighted by Gasteiger charge is -2.22. The number of ether oxygens (including phenoxy) is 1. The Morgan fingerprint density at radius 3 is 2.84 bits per heavy atom. The Kier molecular flexibility index (Phi) is 5.96. The Balaban J connectivity index is 1.54. The van der Waals surface area contributed by atoms with Gasteiger partial charge in [0.1, 0.15) is 0 Å². The third-order valence-electron chi connectivity index (χ3n) is 4.38. The van der Waals surface area contributed by atoms with E-state index >= 15 is 0 Å². The maximum atomic E-state index is 12.2. The van der Waals surface area contributed by atoms with E-state index in [0.717, 1.165) is 30.6 Å². The molecular formula is C18H22N2O4S. The van der Waals surface area contributed by atoms with E-state index in [2.05, 4.69) is 10.6 Å². The van der Waals surface area contributed by atoms with Gasteiger partial charge in [0.15, 0.2) is 6.61 Å². The largest absolute Gasteiger partial charge is 0.452 e. The molecule has 6 nitrogen and oxygen atoms in total. The van der Waals surface area contributed by atoms with E-state index in [1.807, 2.05) is 0 Å². The molecule has 0 saturated heterocycles. The van der Waals surface area contributed by atoms with Gasteiger partial charge in [0.25, 0.3) is 5.91 Å². The Labute approximate surface area is 151 Å². The molecule has 1 saturated carbocycles. The second-order valence-electron chi connectivity index (χ2n) is 6.34. The van der Waals surface area contributed by atoms with Crippen LogP contribution in [-0.4, -0.2) is 36.2 Å². The molecule has 1 aliphatic heterocycles.